The molecule has 0 aromatic carbocycles. The summed E-state index contributed by atoms with van der Waals surface area (Å²) in [6.07, 6.45) is -1.77. The van der Waals surface area contributed by atoms with E-state index >= 15 is 0 Å². The van der Waals surface area contributed by atoms with Gasteiger partial charge in [0.25, 0.3) is 0 Å². The standard InChI is InChI=1S/C5H11Cl3OSi/c1-3-5(2)4-9-10(6,7)8/h5H,3-4H2,1-2H3. The SMILES string of the molecule is CCC(C)CO[Si](Cl)(Cl)Cl. The van der Waals surface area contributed by atoms with Gasteiger partial charge in [-0.05, 0) is 5.92 Å². The van der Waals surface area contributed by atoms with Gasteiger partial charge in [0.15, 0.2) is 0 Å². The van der Waals surface area contributed by atoms with E-state index in [0.29, 0.717) is 12.5 Å². The van der Waals surface area contributed by atoms with Gasteiger partial charge < -0.3 is 4.43 Å². The van der Waals surface area contributed by atoms with Gasteiger partial charge in [-0.2, -0.15) is 0 Å². The third-order valence-corrected chi connectivity index (χ3v) is 2.70. The molecule has 0 bridgehead atoms. The van der Waals surface area contributed by atoms with Crippen molar-refractivity contribution in [2.45, 2.75) is 20.3 Å². The molecule has 0 heterocycles. The Morgan fingerprint density at radius 2 is 1.90 bits per heavy atom. The second-order valence-corrected chi connectivity index (χ2v) is 9.98. The topological polar surface area (TPSA) is 9.23 Å². The maximum Gasteiger partial charge on any atom is 0.493 e. The van der Waals surface area contributed by atoms with E-state index in [0.717, 1.165) is 6.42 Å². The Hall–Kier alpha value is 1.05. The van der Waals surface area contributed by atoms with Gasteiger partial charge in [-0.15, -0.1) is 0 Å². The summed E-state index contributed by atoms with van der Waals surface area (Å²) in [6.45, 7) is 4.69. The van der Waals surface area contributed by atoms with Crippen LogP contribution in [0.3, 0.4) is 0 Å². The van der Waals surface area contributed by atoms with Crippen LogP contribution in [-0.4, -0.2) is 12.9 Å². The second kappa shape index (κ2) is 4.83. The van der Waals surface area contributed by atoms with Gasteiger partial charge in [0.2, 0.25) is 0 Å². The lowest BCUT2D eigenvalue weighted by Crippen LogP contribution is -2.20. The van der Waals surface area contributed by atoms with Crippen LogP contribution in [-0.2, 0) is 4.43 Å². The molecule has 1 atom stereocenters. The molecule has 1 unspecified atom stereocenters. The van der Waals surface area contributed by atoms with Crippen LogP contribution in [0.25, 0.3) is 0 Å². The minimum atomic E-state index is -2.82. The van der Waals surface area contributed by atoms with Gasteiger partial charge in [0, 0.05) is 6.61 Å². The Kier molecular flexibility index (Phi) is 5.34. The van der Waals surface area contributed by atoms with Gasteiger partial charge in [-0.1, -0.05) is 53.5 Å². The largest absolute Gasteiger partial charge is 0.493 e. The highest BCUT2D eigenvalue weighted by molar-refractivity contribution is 7.62. The van der Waals surface area contributed by atoms with E-state index in [9.17, 15) is 0 Å². The van der Waals surface area contributed by atoms with Crippen molar-refractivity contribution in [2.24, 2.45) is 5.92 Å². The molecule has 0 aliphatic rings. The first-order valence-corrected chi connectivity index (χ1v) is 8.10. The highest BCUT2D eigenvalue weighted by atomic mass is 35.8. The van der Waals surface area contributed by atoms with E-state index in [1.807, 2.05) is 0 Å². The number of hydrogen-bond donors (Lipinski definition) is 0. The monoisotopic (exact) mass is 220 g/mol. The fraction of sp³-hybridized carbons (Fsp3) is 1.00. The first kappa shape index (κ1) is 11.0. The normalized spacial score (nSPS) is 15.3. The zero-order valence-corrected chi connectivity index (χ0v) is 9.30. The summed E-state index contributed by atoms with van der Waals surface area (Å²) >= 11 is 16.4. The quantitative estimate of drug-likeness (QED) is 0.523. The Balaban J connectivity index is 3.36. The Labute approximate surface area is 76.8 Å². The third kappa shape index (κ3) is 7.16. The summed E-state index contributed by atoms with van der Waals surface area (Å²) in [7, 11) is 0. The van der Waals surface area contributed by atoms with E-state index in [1.165, 1.54) is 0 Å². The number of hydrogen-bond acceptors (Lipinski definition) is 1. The Bertz CT molecular complexity index is 93.4. The summed E-state index contributed by atoms with van der Waals surface area (Å²) in [4.78, 5) is 0. The minimum Gasteiger partial charge on any atom is -0.381 e. The molecule has 1 nitrogen and oxygen atoms in total. The first-order valence-electron chi connectivity index (χ1n) is 3.16. The predicted octanol–water partition coefficient (Wildman–Crippen LogP) is 3.20. The van der Waals surface area contributed by atoms with Gasteiger partial charge in [0.1, 0.15) is 0 Å². The summed E-state index contributed by atoms with van der Waals surface area (Å²) in [5.41, 5.74) is 0. The summed E-state index contributed by atoms with van der Waals surface area (Å²) < 4.78 is 5.02. The van der Waals surface area contributed by atoms with Crippen molar-refractivity contribution in [3.63, 3.8) is 0 Å². The molecule has 0 aromatic rings. The van der Waals surface area contributed by atoms with Crippen molar-refractivity contribution >= 4 is 39.5 Å². The molecule has 0 saturated carbocycles. The molecule has 0 rings (SSSR count). The Morgan fingerprint density at radius 3 is 2.20 bits per heavy atom. The summed E-state index contributed by atoms with van der Waals surface area (Å²) in [5, 5.41) is 0. The van der Waals surface area contributed by atoms with Crippen molar-refractivity contribution in [1.82, 2.24) is 0 Å². The average Bonchev–Trinajstić information content (AvgIpc) is 1.81. The maximum absolute atomic E-state index is 5.48. The molecule has 62 valence electrons. The van der Waals surface area contributed by atoms with Crippen LogP contribution in [0.2, 0.25) is 0 Å². The highest BCUT2D eigenvalue weighted by Gasteiger charge is 2.27. The molecule has 0 amide bonds. The molecule has 0 radical (unpaired) electrons. The molecule has 5 heteroatoms. The fourth-order valence-corrected chi connectivity index (χ4v) is 1.40. The van der Waals surface area contributed by atoms with Crippen molar-refractivity contribution < 1.29 is 4.43 Å². The highest BCUT2D eigenvalue weighted by Crippen LogP contribution is 2.22. The molecule has 0 fully saturated rings. The first-order chi connectivity index (χ1) is 4.45. The zero-order chi connectivity index (χ0) is 8.20. The van der Waals surface area contributed by atoms with E-state index in [2.05, 4.69) is 13.8 Å². The van der Waals surface area contributed by atoms with Crippen molar-refractivity contribution in [1.29, 1.82) is 0 Å². The maximum atomic E-state index is 5.48. The van der Waals surface area contributed by atoms with E-state index < -0.39 is 6.25 Å². The molecule has 0 saturated heterocycles. The van der Waals surface area contributed by atoms with Crippen LogP contribution in [0.5, 0.6) is 0 Å². The fourth-order valence-electron chi connectivity index (χ4n) is 0.355. The van der Waals surface area contributed by atoms with E-state index in [1.54, 1.807) is 0 Å². The van der Waals surface area contributed by atoms with Crippen LogP contribution in [0, 0.1) is 5.92 Å². The number of halogens is 3. The van der Waals surface area contributed by atoms with Crippen molar-refractivity contribution in [3.8, 4) is 0 Å². The lowest BCUT2D eigenvalue weighted by atomic mass is 10.1. The predicted molar refractivity (Wildman–Crippen MR) is 48.7 cm³/mol. The molecular formula is C5H11Cl3OSi. The van der Waals surface area contributed by atoms with Gasteiger partial charge in [0.05, 0.1) is 0 Å². The van der Waals surface area contributed by atoms with Crippen molar-refractivity contribution in [3.05, 3.63) is 0 Å². The number of rotatable bonds is 4. The molecule has 0 aliphatic heterocycles. The molecule has 0 aliphatic carbocycles. The lowest BCUT2D eigenvalue weighted by Gasteiger charge is -2.12. The summed E-state index contributed by atoms with van der Waals surface area (Å²) in [6, 6.07) is 0. The molecule has 0 aromatic heterocycles. The second-order valence-electron chi connectivity index (χ2n) is 2.27. The average molecular weight is 222 g/mol. The van der Waals surface area contributed by atoms with Gasteiger partial charge in [-0.3, -0.25) is 0 Å². The van der Waals surface area contributed by atoms with Crippen LogP contribution < -0.4 is 0 Å². The molecule has 0 spiro atoms. The van der Waals surface area contributed by atoms with Crippen LogP contribution in [0.15, 0.2) is 0 Å². The van der Waals surface area contributed by atoms with Crippen molar-refractivity contribution in [2.75, 3.05) is 6.61 Å². The van der Waals surface area contributed by atoms with Crippen LogP contribution >= 0.6 is 33.2 Å². The van der Waals surface area contributed by atoms with E-state index in [4.69, 9.17) is 37.7 Å². The van der Waals surface area contributed by atoms with E-state index in [-0.39, 0.29) is 0 Å². The minimum absolute atomic E-state index is 0.475. The zero-order valence-electron chi connectivity index (χ0n) is 6.03. The molecule has 0 N–H and O–H groups in total. The van der Waals surface area contributed by atoms with Crippen LogP contribution in [0.4, 0.5) is 0 Å². The Morgan fingerprint density at radius 1 is 1.40 bits per heavy atom. The third-order valence-electron chi connectivity index (χ3n) is 1.23. The van der Waals surface area contributed by atoms with Gasteiger partial charge in [-0.25, -0.2) is 0 Å². The smallest absolute Gasteiger partial charge is 0.381 e. The van der Waals surface area contributed by atoms with Gasteiger partial charge >= 0.3 is 6.25 Å². The molecular weight excluding hydrogens is 210 g/mol. The lowest BCUT2D eigenvalue weighted by molar-refractivity contribution is 0.268. The molecule has 10 heavy (non-hydrogen) atoms. The van der Waals surface area contributed by atoms with Crippen LogP contribution in [0.1, 0.15) is 20.3 Å². The summed E-state index contributed by atoms with van der Waals surface area (Å²) in [5.74, 6) is 0.475.